The molecule has 3 rings (SSSR count). The summed E-state index contributed by atoms with van der Waals surface area (Å²) >= 11 is 0. The van der Waals surface area contributed by atoms with Gasteiger partial charge in [0.25, 0.3) is 0 Å². The minimum absolute atomic E-state index is 0.714. The summed E-state index contributed by atoms with van der Waals surface area (Å²) in [6.07, 6.45) is 9.42. The molecule has 0 radical (unpaired) electrons. The molecule has 0 aromatic carbocycles. The van der Waals surface area contributed by atoms with Crippen LogP contribution in [0, 0.1) is 5.92 Å². The van der Waals surface area contributed by atoms with E-state index in [9.17, 15) is 0 Å². The van der Waals surface area contributed by atoms with E-state index in [-0.39, 0.29) is 0 Å². The average Bonchev–Trinajstić information content (AvgIpc) is 2.55. The van der Waals surface area contributed by atoms with Crippen LogP contribution in [-0.2, 0) is 6.54 Å². The van der Waals surface area contributed by atoms with Gasteiger partial charge >= 0.3 is 0 Å². The molecule has 0 bridgehead atoms. The van der Waals surface area contributed by atoms with E-state index in [1.165, 1.54) is 38.5 Å². The van der Waals surface area contributed by atoms with Crippen LogP contribution in [0.2, 0.25) is 0 Å². The van der Waals surface area contributed by atoms with Crippen molar-refractivity contribution in [1.82, 2.24) is 15.5 Å². The molecule has 1 N–H and O–H groups in total. The van der Waals surface area contributed by atoms with Crippen LogP contribution in [0.15, 0.2) is 12.1 Å². The number of hydrogen-bond acceptors (Lipinski definition) is 4. The summed E-state index contributed by atoms with van der Waals surface area (Å²) in [6.45, 7) is 5.20. The molecule has 1 aliphatic heterocycles. The predicted molar refractivity (Wildman–Crippen MR) is 86.4 cm³/mol. The number of anilines is 1. The van der Waals surface area contributed by atoms with Gasteiger partial charge in [-0.05, 0) is 56.7 Å². The fraction of sp³-hybridized carbons (Fsp3) is 0.765. The van der Waals surface area contributed by atoms with E-state index in [4.69, 9.17) is 0 Å². The van der Waals surface area contributed by atoms with Crippen LogP contribution >= 0.6 is 0 Å². The fourth-order valence-electron chi connectivity index (χ4n) is 3.90. The largest absolute Gasteiger partial charge is 0.352 e. The number of rotatable bonds is 5. The zero-order valence-corrected chi connectivity index (χ0v) is 13.2. The molecule has 2 aliphatic rings. The minimum Gasteiger partial charge on any atom is -0.352 e. The van der Waals surface area contributed by atoms with Crippen molar-refractivity contribution in [3.63, 3.8) is 0 Å². The third-order valence-electron chi connectivity index (χ3n) is 4.98. The summed E-state index contributed by atoms with van der Waals surface area (Å²) in [5.41, 5.74) is 1.05. The summed E-state index contributed by atoms with van der Waals surface area (Å²) in [4.78, 5) is 2.53. The quantitative estimate of drug-likeness (QED) is 0.845. The number of fused-ring (bicyclic) bond motifs is 1. The summed E-state index contributed by atoms with van der Waals surface area (Å²) in [5, 5.41) is 12.3. The Labute approximate surface area is 128 Å². The van der Waals surface area contributed by atoms with Gasteiger partial charge in [0, 0.05) is 19.1 Å². The summed E-state index contributed by atoms with van der Waals surface area (Å²) < 4.78 is 0. The Morgan fingerprint density at radius 3 is 2.81 bits per heavy atom. The van der Waals surface area contributed by atoms with E-state index in [2.05, 4.69) is 39.5 Å². The third kappa shape index (κ3) is 3.54. The smallest absolute Gasteiger partial charge is 0.151 e. The van der Waals surface area contributed by atoms with Crippen molar-refractivity contribution < 1.29 is 0 Å². The highest BCUT2D eigenvalue weighted by molar-refractivity contribution is 5.40. The van der Waals surface area contributed by atoms with Gasteiger partial charge < -0.3 is 10.2 Å². The average molecular weight is 288 g/mol. The Morgan fingerprint density at radius 2 is 2.00 bits per heavy atom. The van der Waals surface area contributed by atoms with Crippen LogP contribution in [0.4, 0.5) is 5.82 Å². The van der Waals surface area contributed by atoms with Gasteiger partial charge in [0.2, 0.25) is 0 Å². The van der Waals surface area contributed by atoms with E-state index in [0.717, 1.165) is 43.5 Å². The normalized spacial score (nSPS) is 25.7. The Hall–Kier alpha value is -1.16. The Balaban J connectivity index is 1.65. The van der Waals surface area contributed by atoms with Gasteiger partial charge in [0.05, 0.1) is 5.69 Å². The Bertz CT molecular complexity index is 429. The lowest BCUT2D eigenvalue weighted by atomic mass is 9.78. The third-order valence-corrected chi connectivity index (χ3v) is 4.98. The number of hydrogen-bond donors (Lipinski definition) is 1. The van der Waals surface area contributed by atoms with Crippen LogP contribution in [0.25, 0.3) is 0 Å². The molecule has 2 atom stereocenters. The molecule has 21 heavy (non-hydrogen) atoms. The van der Waals surface area contributed by atoms with Crippen molar-refractivity contribution in [3.8, 4) is 0 Å². The molecule has 1 aliphatic carbocycles. The van der Waals surface area contributed by atoms with Crippen molar-refractivity contribution >= 4 is 5.82 Å². The second-order valence-electron chi connectivity index (χ2n) is 6.51. The lowest BCUT2D eigenvalue weighted by Gasteiger charge is -2.44. The van der Waals surface area contributed by atoms with Gasteiger partial charge in [-0.1, -0.05) is 19.8 Å². The Kier molecular flexibility index (Phi) is 5.07. The lowest BCUT2D eigenvalue weighted by molar-refractivity contribution is 0.242. The molecule has 1 aromatic rings. The van der Waals surface area contributed by atoms with Gasteiger partial charge in [-0.15, -0.1) is 5.10 Å². The van der Waals surface area contributed by atoms with Crippen LogP contribution in [0.5, 0.6) is 0 Å². The number of piperidine rings is 1. The van der Waals surface area contributed by atoms with Crippen molar-refractivity contribution in [2.45, 2.75) is 64.5 Å². The van der Waals surface area contributed by atoms with E-state index < -0.39 is 0 Å². The summed E-state index contributed by atoms with van der Waals surface area (Å²) in [7, 11) is 0. The molecule has 0 unspecified atom stereocenters. The highest BCUT2D eigenvalue weighted by atomic mass is 15.3. The maximum Gasteiger partial charge on any atom is 0.151 e. The van der Waals surface area contributed by atoms with E-state index in [1.54, 1.807) is 0 Å². The minimum atomic E-state index is 0.714. The van der Waals surface area contributed by atoms with Gasteiger partial charge in [0.1, 0.15) is 0 Å². The van der Waals surface area contributed by atoms with Crippen molar-refractivity contribution in [3.05, 3.63) is 17.8 Å². The summed E-state index contributed by atoms with van der Waals surface area (Å²) in [6, 6.07) is 5.02. The van der Waals surface area contributed by atoms with Crippen molar-refractivity contribution in [2.24, 2.45) is 5.92 Å². The molecule has 0 spiro atoms. The zero-order chi connectivity index (χ0) is 14.5. The van der Waals surface area contributed by atoms with Gasteiger partial charge in [-0.2, -0.15) is 5.10 Å². The second-order valence-corrected chi connectivity index (χ2v) is 6.51. The van der Waals surface area contributed by atoms with Crippen LogP contribution in [0.3, 0.4) is 0 Å². The monoisotopic (exact) mass is 288 g/mol. The van der Waals surface area contributed by atoms with E-state index >= 15 is 0 Å². The molecule has 1 saturated carbocycles. The first-order chi connectivity index (χ1) is 10.4. The molecule has 4 heteroatoms. The first-order valence-electron chi connectivity index (χ1n) is 8.68. The number of nitrogens with one attached hydrogen (secondary N) is 1. The van der Waals surface area contributed by atoms with E-state index in [0.29, 0.717) is 6.04 Å². The number of nitrogens with zero attached hydrogens (tertiary/aromatic N) is 3. The van der Waals surface area contributed by atoms with Crippen LogP contribution in [0.1, 0.15) is 57.6 Å². The fourth-order valence-corrected chi connectivity index (χ4v) is 3.90. The highest BCUT2D eigenvalue weighted by Crippen LogP contribution is 2.36. The molecule has 2 fully saturated rings. The number of aromatic nitrogens is 2. The maximum atomic E-state index is 4.51. The topological polar surface area (TPSA) is 41.0 Å². The van der Waals surface area contributed by atoms with Gasteiger partial charge in [-0.25, -0.2) is 0 Å². The molecule has 2 heterocycles. The molecule has 1 saturated heterocycles. The Morgan fingerprint density at radius 1 is 1.14 bits per heavy atom. The van der Waals surface area contributed by atoms with Crippen LogP contribution in [-0.4, -0.2) is 29.3 Å². The van der Waals surface area contributed by atoms with Gasteiger partial charge in [-0.3, -0.25) is 0 Å². The SMILES string of the molecule is CCCNCc1ccc(N2CCC[C@H]3CCCC[C@H]32)nn1. The molecule has 0 amide bonds. The van der Waals surface area contributed by atoms with Gasteiger partial charge in [0.15, 0.2) is 5.82 Å². The first kappa shape index (κ1) is 14.8. The standard InChI is InChI=1S/C17H28N4/c1-2-11-18-13-15-9-10-17(20-19-15)21-12-5-7-14-6-3-4-8-16(14)21/h9-10,14,16,18H,2-8,11-13H2,1H3/t14-,16-/m1/s1. The molecular weight excluding hydrogens is 260 g/mol. The van der Waals surface area contributed by atoms with Crippen molar-refractivity contribution in [1.29, 1.82) is 0 Å². The van der Waals surface area contributed by atoms with Crippen molar-refractivity contribution in [2.75, 3.05) is 18.0 Å². The lowest BCUT2D eigenvalue weighted by Crippen LogP contribution is -2.47. The molecule has 4 nitrogen and oxygen atoms in total. The van der Waals surface area contributed by atoms with E-state index in [1.807, 2.05) is 0 Å². The molecule has 116 valence electrons. The summed E-state index contributed by atoms with van der Waals surface area (Å²) in [5.74, 6) is 1.98. The van der Waals surface area contributed by atoms with Crippen LogP contribution < -0.4 is 10.2 Å². The first-order valence-corrected chi connectivity index (χ1v) is 8.68. The molecule has 1 aromatic heterocycles. The predicted octanol–water partition coefficient (Wildman–Crippen LogP) is 3.14. The molecular formula is C17H28N4. The zero-order valence-electron chi connectivity index (χ0n) is 13.2. The highest BCUT2D eigenvalue weighted by Gasteiger charge is 2.33. The second kappa shape index (κ2) is 7.21. The maximum absolute atomic E-state index is 4.51.